The lowest BCUT2D eigenvalue weighted by Gasteiger charge is -2.40. The van der Waals surface area contributed by atoms with Crippen LogP contribution in [0.5, 0.6) is 0 Å². The third-order valence-corrected chi connectivity index (χ3v) is 5.21. The maximum absolute atomic E-state index is 8.72. The number of anilines is 4. The maximum Gasteiger partial charge on any atom is 0.229 e. The van der Waals surface area contributed by atoms with Crippen molar-refractivity contribution < 1.29 is 4.74 Å². The number of morpholine rings is 1. The van der Waals surface area contributed by atoms with Crippen molar-refractivity contribution in [2.24, 2.45) is 5.92 Å². The second-order valence-corrected chi connectivity index (χ2v) is 7.30. The number of ether oxygens (including phenoxy) is 1. The van der Waals surface area contributed by atoms with Gasteiger partial charge in [0.1, 0.15) is 11.6 Å². The molecule has 1 N–H and O–H groups in total. The molecule has 0 bridgehead atoms. The highest BCUT2D eigenvalue weighted by Crippen LogP contribution is 2.29. The zero-order valence-corrected chi connectivity index (χ0v) is 16.1. The number of nitriles is 1. The monoisotopic (exact) mass is 379 g/mol. The zero-order valence-electron chi connectivity index (χ0n) is 16.1. The summed E-state index contributed by atoms with van der Waals surface area (Å²) in [6, 6.07) is 6.24. The number of pyridine rings is 1. The van der Waals surface area contributed by atoms with Gasteiger partial charge in [-0.1, -0.05) is 0 Å². The van der Waals surface area contributed by atoms with Crippen LogP contribution in [0, 0.1) is 24.2 Å². The third kappa shape index (κ3) is 4.15. The third-order valence-electron chi connectivity index (χ3n) is 5.21. The quantitative estimate of drug-likeness (QED) is 0.819. The number of hydrogen-bond acceptors (Lipinski definition) is 8. The van der Waals surface area contributed by atoms with Gasteiger partial charge >= 0.3 is 0 Å². The van der Waals surface area contributed by atoms with E-state index in [9.17, 15) is 0 Å². The number of aryl methyl sites for hydroxylation is 1. The summed E-state index contributed by atoms with van der Waals surface area (Å²) in [4.78, 5) is 18.1. The standard InChI is InChI=1S/C20H25N7O/c1-15-11-23-20(25-19(15)27-13-16(14-27)3-2-6-21)24-17-4-5-18(22-12-17)26-7-9-28-10-8-26/h4-5,11-12,16H,2-3,7-10,13-14H2,1H3,(H,23,24,25). The van der Waals surface area contributed by atoms with Gasteiger partial charge in [0.25, 0.3) is 0 Å². The molecule has 0 aromatic carbocycles. The van der Waals surface area contributed by atoms with Gasteiger partial charge in [0.2, 0.25) is 5.95 Å². The van der Waals surface area contributed by atoms with Gasteiger partial charge in [0.05, 0.1) is 31.2 Å². The lowest BCUT2D eigenvalue weighted by molar-refractivity contribution is 0.122. The molecule has 2 aromatic heterocycles. The Balaban J connectivity index is 1.39. The normalized spacial score (nSPS) is 17.1. The van der Waals surface area contributed by atoms with Gasteiger partial charge in [-0.2, -0.15) is 10.2 Å². The molecule has 2 saturated heterocycles. The Hall–Kier alpha value is -2.92. The van der Waals surface area contributed by atoms with E-state index in [-0.39, 0.29) is 0 Å². The van der Waals surface area contributed by atoms with E-state index < -0.39 is 0 Å². The van der Waals surface area contributed by atoms with Gasteiger partial charge in [-0.25, -0.2) is 9.97 Å². The molecular formula is C20H25N7O. The van der Waals surface area contributed by atoms with E-state index in [1.165, 1.54) is 0 Å². The molecule has 0 saturated carbocycles. The first kappa shape index (κ1) is 18.4. The largest absolute Gasteiger partial charge is 0.378 e. The minimum Gasteiger partial charge on any atom is -0.378 e. The second kappa shape index (κ2) is 8.40. The predicted octanol–water partition coefficient (Wildman–Crippen LogP) is 2.50. The summed E-state index contributed by atoms with van der Waals surface area (Å²) in [5, 5.41) is 12.0. The summed E-state index contributed by atoms with van der Waals surface area (Å²) in [5.41, 5.74) is 1.92. The fourth-order valence-corrected chi connectivity index (χ4v) is 3.58. The van der Waals surface area contributed by atoms with Crippen LogP contribution in [0.25, 0.3) is 0 Å². The molecule has 0 unspecified atom stereocenters. The average Bonchev–Trinajstić information content (AvgIpc) is 2.70. The predicted molar refractivity (Wildman–Crippen MR) is 108 cm³/mol. The van der Waals surface area contributed by atoms with E-state index in [0.29, 0.717) is 18.3 Å². The summed E-state index contributed by atoms with van der Waals surface area (Å²) in [6.07, 6.45) is 5.25. The highest BCUT2D eigenvalue weighted by Gasteiger charge is 2.28. The van der Waals surface area contributed by atoms with E-state index in [2.05, 4.69) is 31.2 Å². The summed E-state index contributed by atoms with van der Waals surface area (Å²) in [7, 11) is 0. The van der Waals surface area contributed by atoms with E-state index in [1.54, 1.807) is 0 Å². The summed E-state index contributed by atoms with van der Waals surface area (Å²) in [5.74, 6) is 3.08. The van der Waals surface area contributed by atoms with E-state index in [1.807, 2.05) is 31.5 Å². The molecule has 0 spiro atoms. The smallest absolute Gasteiger partial charge is 0.229 e. The lowest BCUT2D eigenvalue weighted by Crippen LogP contribution is -2.47. The maximum atomic E-state index is 8.72. The minimum absolute atomic E-state index is 0.571. The Kier molecular flexibility index (Phi) is 5.53. The lowest BCUT2D eigenvalue weighted by atomic mass is 9.95. The molecule has 0 amide bonds. The average molecular weight is 379 g/mol. The first-order valence-electron chi connectivity index (χ1n) is 9.74. The van der Waals surface area contributed by atoms with Crippen LogP contribution >= 0.6 is 0 Å². The molecule has 2 fully saturated rings. The van der Waals surface area contributed by atoms with Crippen LogP contribution in [-0.2, 0) is 4.74 Å². The molecule has 146 valence electrons. The summed E-state index contributed by atoms with van der Waals surface area (Å²) in [6.45, 7) is 7.17. The van der Waals surface area contributed by atoms with Crippen LogP contribution in [0.1, 0.15) is 18.4 Å². The molecule has 2 aliphatic rings. The molecule has 2 aliphatic heterocycles. The summed E-state index contributed by atoms with van der Waals surface area (Å²) >= 11 is 0. The van der Waals surface area contributed by atoms with Crippen molar-refractivity contribution in [3.05, 3.63) is 30.1 Å². The first-order chi connectivity index (χ1) is 13.7. The molecule has 0 radical (unpaired) electrons. The van der Waals surface area contributed by atoms with Crippen molar-refractivity contribution in [2.45, 2.75) is 19.8 Å². The van der Waals surface area contributed by atoms with Crippen LogP contribution in [0.4, 0.5) is 23.3 Å². The highest BCUT2D eigenvalue weighted by atomic mass is 16.5. The molecule has 4 rings (SSSR count). The fraction of sp³-hybridized carbons (Fsp3) is 0.500. The van der Waals surface area contributed by atoms with Crippen LogP contribution in [0.3, 0.4) is 0 Å². The minimum atomic E-state index is 0.571. The molecular weight excluding hydrogens is 354 g/mol. The van der Waals surface area contributed by atoms with E-state index in [4.69, 9.17) is 15.0 Å². The molecule has 0 aliphatic carbocycles. The Morgan fingerprint density at radius 3 is 2.71 bits per heavy atom. The number of nitrogens with zero attached hydrogens (tertiary/aromatic N) is 6. The molecule has 8 heteroatoms. The van der Waals surface area contributed by atoms with Gasteiger partial charge in [-0.15, -0.1) is 0 Å². The molecule has 8 nitrogen and oxygen atoms in total. The number of nitrogens with one attached hydrogen (secondary N) is 1. The summed E-state index contributed by atoms with van der Waals surface area (Å²) < 4.78 is 5.39. The topological polar surface area (TPSA) is 90.2 Å². The van der Waals surface area contributed by atoms with Gasteiger partial charge in [-0.3, -0.25) is 0 Å². The van der Waals surface area contributed by atoms with Crippen molar-refractivity contribution in [1.29, 1.82) is 5.26 Å². The van der Waals surface area contributed by atoms with Crippen LogP contribution in [0.15, 0.2) is 24.5 Å². The van der Waals surface area contributed by atoms with E-state index in [0.717, 1.165) is 68.7 Å². The SMILES string of the molecule is Cc1cnc(Nc2ccc(N3CCOCC3)nc2)nc1N1CC(CCC#N)C1. The van der Waals surface area contributed by atoms with Gasteiger partial charge < -0.3 is 19.9 Å². The molecule has 4 heterocycles. The first-order valence-corrected chi connectivity index (χ1v) is 9.74. The van der Waals surface area contributed by atoms with Crippen molar-refractivity contribution in [3.8, 4) is 6.07 Å². The number of hydrogen-bond donors (Lipinski definition) is 1. The van der Waals surface area contributed by atoms with Crippen LogP contribution < -0.4 is 15.1 Å². The van der Waals surface area contributed by atoms with Crippen molar-refractivity contribution >= 4 is 23.3 Å². The van der Waals surface area contributed by atoms with E-state index >= 15 is 0 Å². The Morgan fingerprint density at radius 1 is 1.18 bits per heavy atom. The van der Waals surface area contributed by atoms with Crippen LogP contribution in [0.2, 0.25) is 0 Å². The van der Waals surface area contributed by atoms with Gasteiger partial charge in [0.15, 0.2) is 0 Å². The number of aromatic nitrogens is 3. The van der Waals surface area contributed by atoms with Crippen molar-refractivity contribution in [2.75, 3.05) is 54.5 Å². The van der Waals surface area contributed by atoms with Crippen LogP contribution in [-0.4, -0.2) is 54.3 Å². The Morgan fingerprint density at radius 2 is 2.00 bits per heavy atom. The zero-order chi connectivity index (χ0) is 19.3. The highest BCUT2D eigenvalue weighted by molar-refractivity contribution is 5.58. The van der Waals surface area contributed by atoms with Crippen molar-refractivity contribution in [3.63, 3.8) is 0 Å². The second-order valence-electron chi connectivity index (χ2n) is 7.30. The van der Waals surface area contributed by atoms with Gasteiger partial charge in [-0.05, 0) is 31.4 Å². The Labute approximate surface area is 165 Å². The van der Waals surface area contributed by atoms with Gasteiger partial charge in [0, 0.05) is 44.4 Å². The molecule has 0 atom stereocenters. The molecule has 2 aromatic rings. The Bertz CT molecular complexity index is 837. The number of rotatable bonds is 6. The fourth-order valence-electron chi connectivity index (χ4n) is 3.58. The molecule has 28 heavy (non-hydrogen) atoms. The van der Waals surface area contributed by atoms with Crippen molar-refractivity contribution in [1.82, 2.24) is 15.0 Å².